The lowest BCUT2D eigenvalue weighted by molar-refractivity contribution is -0.0794. The van der Waals surface area contributed by atoms with Crippen molar-refractivity contribution in [2.75, 3.05) is 18.9 Å². The number of benzene rings is 1. The number of phosphoric acid groups is 2. The van der Waals surface area contributed by atoms with E-state index in [2.05, 4.69) is 33.8 Å². The zero-order chi connectivity index (χ0) is 38.6. The number of aliphatic hydroxyl groups is 5. The molecule has 0 saturated carbocycles. The summed E-state index contributed by atoms with van der Waals surface area (Å²) < 4.78 is 46.6. The van der Waals surface area contributed by atoms with Gasteiger partial charge in [-0.15, -0.1) is 0 Å². The van der Waals surface area contributed by atoms with Gasteiger partial charge in [0.2, 0.25) is 0 Å². The van der Waals surface area contributed by atoms with Gasteiger partial charge in [-0.3, -0.25) is 23.4 Å². The van der Waals surface area contributed by atoms with Crippen LogP contribution in [0.25, 0.3) is 33.7 Å². The first-order valence-electron chi connectivity index (χ1n) is 15.4. The van der Waals surface area contributed by atoms with E-state index in [1.807, 2.05) is 4.98 Å². The lowest BCUT2D eigenvalue weighted by atomic mass is 10.1. The van der Waals surface area contributed by atoms with Gasteiger partial charge in [-0.2, -0.15) is 9.29 Å². The maximum Gasteiger partial charge on any atom is 0.481 e. The Morgan fingerprint density at radius 2 is 1.68 bits per heavy atom. The quantitative estimate of drug-likeness (QED) is 0.0443. The SMILES string of the molecule is Cc1cc2nc3c(=O)[nH]c(=O)nc-3n(C[C@H](O)[C@@H](O)[C@H](O)COP(=O)(O)OP(=O)(O)OC[C@@H]3O[C@@H](n4cnc5c(N)ncnc54)[C@@H](O)[C@@H]3O)c2cc1C. The Kier molecular flexibility index (Phi) is 10.6. The summed E-state index contributed by atoms with van der Waals surface area (Å²) in [5, 5.41) is 53.0. The Morgan fingerprint density at radius 3 is 2.42 bits per heavy atom. The molecule has 26 heteroatoms. The number of phosphoric ester groups is 2. The van der Waals surface area contributed by atoms with Gasteiger partial charge < -0.3 is 50.4 Å². The van der Waals surface area contributed by atoms with Crippen LogP contribution in [0.4, 0.5) is 5.82 Å². The van der Waals surface area contributed by atoms with Crippen molar-refractivity contribution >= 4 is 43.7 Å². The summed E-state index contributed by atoms with van der Waals surface area (Å²) in [5.41, 5.74) is 6.11. The summed E-state index contributed by atoms with van der Waals surface area (Å²) in [7, 11) is -11.0. The monoisotopic (exact) mass is 785 g/mol. The highest BCUT2D eigenvalue weighted by molar-refractivity contribution is 7.61. The van der Waals surface area contributed by atoms with Crippen molar-refractivity contribution in [3.05, 3.63) is 56.8 Å². The first-order valence-corrected chi connectivity index (χ1v) is 18.4. The number of nitrogens with zero attached hydrogens (tertiary/aromatic N) is 7. The number of fused-ring (bicyclic) bond motifs is 3. The van der Waals surface area contributed by atoms with Crippen LogP contribution in [0.2, 0.25) is 0 Å². The summed E-state index contributed by atoms with van der Waals surface area (Å²) in [6, 6.07) is 3.29. The predicted molar refractivity (Wildman–Crippen MR) is 177 cm³/mol. The second-order valence-electron chi connectivity index (χ2n) is 12.1. The lowest BCUT2D eigenvalue weighted by Gasteiger charge is -2.26. The largest absolute Gasteiger partial charge is 0.481 e. The maximum absolute atomic E-state index is 12.5. The van der Waals surface area contributed by atoms with Crippen LogP contribution in [-0.4, -0.2) is 124 Å². The van der Waals surface area contributed by atoms with Gasteiger partial charge in [0.1, 0.15) is 48.5 Å². The van der Waals surface area contributed by atoms with Gasteiger partial charge >= 0.3 is 21.3 Å². The van der Waals surface area contributed by atoms with Gasteiger partial charge in [0.05, 0.1) is 37.1 Å². The van der Waals surface area contributed by atoms with E-state index >= 15 is 0 Å². The number of nitrogen functional groups attached to an aromatic ring is 1. The lowest BCUT2D eigenvalue weighted by Crippen LogP contribution is -2.42. The average Bonchev–Trinajstić information content (AvgIpc) is 3.63. The van der Waals surface area contributed by atoms with Crippen molar-refractivity contribution in [2.24, 2.45) is 0 Å². The molecule has 3 aromatic rings. The van der Waals surface area contributed by atoms with Gasteiger partial charge in [0.15, 0.2) is 29.2 Å². The van der Waals surface area contributed by atoms with Gasteiger partial charge in [0, 0.05) is 0 Å². The number of aromatic amines is 1. The zero-order valence-electron chi connectivity index (χ0n) is 27.5. The fourth-order valence-corrected chi connectivity index (χ4v) is 7.65. The molecule has 24 nitrogen and oxygen atoms in total. The number of nitrogens with two attached hydrogens (primary N) is 1. The molecule has 1 fully saturated rings. The van der Waals surface area contributed by atoms with E-state index < -0.39 is 89.5 Å². The van der Waals surface area contributed by atoms with Crippen molar-refractivity contribution in [1.29, 1.82) is 0 Å². The highest BCUT2D eigenvalue weighted by atomic mass is 31.3. The van der Waals surface area contributed by atoms with E-state index in [4.69, 9.17) is 15.0 Å². The van der Waals surface area contributed by atoms with Gasteiger partial charge in [-0.25, -0.2) is 33.9 Å². The van der Waals surface area contributed by atoms with Crippen LogP contribution in [-0.2, 0) is 33.8 Å². The van der Waals surface area contributed by atoms with Crippen molar-refractivity contribution in [3.8, 4) is 11.5 Å². The third-order valence-corrected chi connectivity index (χ3v) is 11.0. The fraction of sp³-hybridized carbons (Fsp3) is 0.444. The number of hydrogen-bond donors (Lipinski definition) is 9. The second kappa shape index (κ2) is 14.6. The van der Waals surface area contributed by atoms with Crippen LogP contribution >= 0.6 is 15.6 Å². The van der Waals surface area contributed by atoms with E-state index in [1.54, 1.807) is 26.0 Å². The highest BCUT2D eigenvalue weighted by Crippen LogP contribution is 2.60. The van der Waals surface area contributed by atoms with Crippen molar-refractivity contribution in [3.63, 3.8) is 0 Å². The average molecular weight is 786 g/mol. The second-order valence-corrected chi connectivity index (χ2v) is 15.1. The van der Waals surface area contributed by atoms with Crippen molar-refractivity contribution in [2.45, 2.75) is 63.2 Å². The molecule has 2 unspecified atom stereocenters. The van der Waals surface area contributed by atoms with Crippen LogP contribution in [0.3, 0.4) is 0 Å². The van der Waals surface area contributed by atoms with Gasteiger partial charge in [0.25, 0.3) is 5.56 Å². The Hall–Kier alpha value is -4.13. The Balaban J connectivity index is 1.07. The predicted octanol–water partition coefficient (Wildman–Crippen LogP) is -2.42. The normalized spacial score (nSPS) is 23.3. The van der Waals surface area contributed by atoms with Crippen LogP contribution in [0.1, 0.15) is 17.4 Å². The molecular formula is C27H33N9O15P2. The summed E-state index contributed by atoms with van der Waals surface area (Å²) in [6.45, 7) is 0.795. The molecule has 2 aromatic heterocycles. The molecule has 0 bridgehead atoms. The Morgan fingerprint density at radius 1 is 0.981 bits per heavy atom. The Labute approximate surface area is 295 Å². The van der Waals surface area contributed by atoms with Gasteiger partial charge in [-0.05, 0) is 37.1 Å². The minimum absolute atomic E-state index is 0.0293. The first-order chi connectivity index (χ1) is 24.9. The molecule has 53 heavy (non-hydrogen) atoms. The number of H-pyrrole nitrogens is 1. The number of aromatic nitrogens is 8. The number of nitrogens with one attached hydrogen (secondary N) is 1. The van der Waals surface area contributed by atoms with E-state index in [9.17, 15) is 54.0 Å². The van der Waals surface area contributed by atoms with Crippen molar-refractivity contribution < 1.29 is 62.5 Å². The standard InChI is InChI=1S/C27H33N9O15P2/c1-10-3-12-13(4-11(10)2)35(24-18(32-12)25(42)34-27(43)33-24)5-14(37)19(39)15(38)6-48-52(44,45)51-53(46,47)49-7-16-20(40)21(41)26(50-16)36-9-31-17-22(28)29-8-30-23(17)36/h3-4,8-9,14-16,19-21,26,37-41H,5-7H2,1-2H3,(H,44,45)(H,46,47)(H2,28,29,30)(H,34,42,43)/t14-,15+,16-,19+,20+,21-,26+/m0/s1. The van der Waals surface area contributed by atoms with E-state index in [-0.39, 0.29) is 34.0 Å². The summed E-state index contributed by atoms with van der Waals surface area (Å²) in [5.74, 6) is -0.212. The van der Waals surface area contributed by atoms with E-state index in [0.29, 0.717) is 5.52 Å². The molecule has 286 valence electrons. The first kappa shape index (κ1) is 38.6. The molecule has 1 saturated heterocycles. The molecule has 1 aromatic carbocycles. The summed E-state index contributed by atoms with van der Waals surface area (Å²) >= 11 is 0. The summed E-state index contributed by atoms with van der Waals surface area (Å²) in [4.78, 5) is 66.6. The minimum Gasteiger partial charge on any atom is -0.388 e. The van der Waals surface area contributed by atoms with E-state index in [0.717, 1.165) is 17.5 Å². The number of rotatable bonds is 13. The number of ether oxygens (including phenoxy) is 1. The number of aryl methyl sites for hydroxylation is 2. The molecule has 6 rings (SSSR count). The number of aliphatic hydroxyl groups excluding tert-OH is 5. The van der Waals surface area contributed by atoms with Crippen molar-refractivity contribution in [1.82, 2.24) is 39.0 Å². The molecular weight excluding hydrogens is 752 g/mol. The molecule has 10 N–H and O–H groups in total. The fourth-order valence-electron chi connectivity index (χ4n) is 5.55. The van der Waals surface area contributed by atoms with Crippen LogP contribution < -0.4 is 17.0 Å². The Bertz CT molecular complexity index is 2350. The molecule has 3 aliphatic heterocycles. The third kappa shape index (κ3) is 7.91. The zero-order valence-corrected chi connectivity index (χ0v) is 29.3. The molecule has 0 amide bonds. The molecule has 5 heterocycles. The molecule has 3 aliphatic rings. The maximum atomic E-state index is 12.5. The third-order valence-electron chi connectivity index (χ3n) is 8.40. The van der Waals surface area contributed by atoms with Crippen LogP contribution in [0.15, 0.2) is 34.4 Å². The molecule has 0 spiro atoms. The van der Waals surface area contributed by atoms with Crippen LogP contribution in [0.5, 0.6) is 0 Å². The smallest absolute Gasteiger partial charge is 0.388 e. The number of anilines is 1. The topological polar surface area (TPSA) is 363 Å². The molecule has 0 aliphatic carbocycles. The highest BCUT2D eigenvalue weighted by Gasteiger charge is 2.46. The van der Waals surface area contributed by atoms with E-state index in [1.165, 1.54) is 15.5 Å². The minimum atomic E-state index is -5.54. The molecule has 9 atom stereocenters. The molecule has 0 radical (unpaired) electrons. The van der Waals surface area contributed by atoms with Crippen LogP contribution in [0, 0.1) is 13.8 Å². The summed E-state index contributed by atoms with van der Waals surface area (Å²) in [6.07, 6.45) is -9.93. The number of hydrogen-bond acceptors (Lipinski definition) is 19. The number of imidazole rings is 1. The van der Waals surface area contributed by atoms with Gasteiger partial charge in [-0.1, -0.05) is 0 Å².